The highest BCUT2D eigenvalue weighted by Crippen LogP contribution is 2.30. The van der Waals surface area contributed by atoms with Crippen LogP contribution < -0.4 is 10.1 Å². The first-order valence-electron chi connectivity index (χ1n) is 8.67. The van der Waals surface area contributed by atoms with Gasteiger partial charge in [0.15, 0.2) is 0 Å². The van der Waals surface area contributed by atoms with E-state index < -0.39 is 10.0 Å². The molecule has 1 heterocycles. The van der Waals surface area contributed by atoms with Crippen molar-refractivity contribution in [3.8, 4) is 5.75 Å². The number of carbonyl (C=O) groups is 1. The molecule has 0 radical (unpaired) electrons. The van der Waals surface area contributed by atoms with Gasteiger partial charge in [-0.1, -0.05) is 12.1 Å². The summed E-state index contributed by atoms with van der Waals surface area (Å²) >= 11 is 1.47. The topological polar surface area (TPSA) is 84.9 Å². The Morgan fingerprint density at radius 2 is 1.89 bits per heavy atom. The summed E-state index contributed by atoms with van der Waals surface area (Å²) in [5, 5.41) is 2.78. The fraction of sp³-hybridized carbons (Fsp3) is 0.316. The molecular weight excluding hydrogens is 400 g/mol. The molecule has 0 aromatic heterocycles. The molecular formula is C19H22N2O5S2. The van der Waals surface area contributed by atoms with Gasteiger partial charge in [0.05, 0.1) is 25.9 Å². The molecule has 3 rings (SSSR count). The van der Waals surface area contributed by atoms with E-state index in [1.807, 2.05) is 18.4 Å². The van der Waals surface area contributed by atoms with Crippen LogP contribution in [0, 0.1) is 0 Å². The molecule has 1 aliphatic heterocycles. The zero-order chi connectivity index (χ0) is 20.1. The summed E-state index contributed by atoms with van der Waals surface area (Å²) in [4.78, 5) is 13.5. The number of sulfonamides is 1. The molecule has 0 spiro atoms. The average molecular weight is 423 g/mol. The van der Waals surface area contributed by atoms with Gasteiger partial charge in [0, 0.05) is 23.7 Å². The van der Waals surface area contributed by atoms with Gasteiger partial charge in [-0.2, -0.15) is 4.31 Å². The van der Waals surface area contributed by atoms with E-state index in [0.29, 0.717) is 24.5 Å². The maximum atomic E-state index is 13.0. The monoisotopic (exact) mass is 422 g/mol. The maximum absolute atomic E-state index is 13.0. The van der Waals surface area contributed by atoms with Gasteiger partial charge >= 0.3 is 0 Å². The number of hydrogen-bond donors (Lipinski definition) is 1. The van der Waals surface area contributed by atoms with Gasteiger partial charge < -0.3 is 14.8 Å². The molecule has 150 valence electrons. The number of nitrogens with zero attached hydrogens (tertiary/aromatic N) is 1. The van der Waals surface area contributed by atoms with E-state index in [4.69, 9.17) is 9.47 Å². The summed E-state index contributed by atoms with van der Waals surface area (Å²) in [7, 11) is -2.35. The molecule has 9 heteroatoms. The smallest absolute Gasteiger partial charge is 0.256 e. The fourth-order valence-corrected chi connectivity index (χ4v) is 5.10. The molecule has 2 aromatic rings. The Bertz CT molecular complexity index is 957. The van der Waals surface area contributed by atoms with Gasteiger partial charge in [0.2, 0.25) is 10.0 Å². The Morgan fingerprint density at radius 3 is 2.57 bits per heavy atom. The summed E-state index contributed by atoms with van der Waals surface area (Å²) < 4.78 is 38.0. The number of benzene rings is 2. The molecule has 0 saturated carbocycles. The van der Waals surface area contributed by atoms with Crippen molar-refractivity contribution in [3.05, 3.63) is 48.0 Å². The Hall–Kier alpha value is -2.07. The number of rotatable bonds is 6. The Balaban J connectivity index is 1.91. The quantitative estimate of drug-likeness (QED) is 0.721. The van der Waals surface area contributed by atoms with Crippen molar-refractivity contribution in [3.63, 3.8) is 0 Å². The molecule has 0 bridgehead atoms. The molecule has 0 aliphatic carbocycles. The third-order valence-electron chi connectivity index (χ3n) is 4.36. The van der Waals surface area contributed by atoms with Gasteiger partial charge in [-0.15, -0.1) is 11.8 Å². The highest BCUT2D eigenvalue weighted by Gasteiger charge is 2.29. The third-order valence-corrected chi connectivity index (χ3v) is 7.08. The number of anilines is 1. The zero-order valence-electron chi connectivity index (χ0n) is 15.7. The molecule has 1 N–H and O–H groups in total. The summed E-state index contributed by atoms with van der Waals surface area (Å²) in [6.45, 7) is 1.26. The zero-order valence-corrected chi connectivity index (χ0v) is 17.3. The van der Waals surface area contributed by atoms with Crippen LogP contribution in [-0.2, 0) is 14.8 Å². The van der Waals surface area contributed by atoms with Crippen LogP contribution in [0.4, 0.5) is 5.69 Å². The van der Waals surface area contributed by atoms with Gasteiger partial charge in [0.25, 0.3) is 5.91 Å². The number of methoxy groups -OCH3 is 1. The van der Waals surface area contributed by atoms with E-state index in [1.165, 1.54) is 29.2 Å². The largest absolute Gasteiger partial charge is 0.495 e. The van der Waals surface area contributed by atoms with E-state index in [2.05, 4.69) is 5.32 Å². The van der Waals surface area contributed by atoms with Crippen molar-refractivity contribution >= 4 is 33.4 Å². The van der Waals surface area contributed by atoms with E-state index in [0.717, 1.165) is 4.90 Å². The average Bonchev–Trinajstić information content (AvgIpc) is 2.74. The SMILES string of the molecule is COc1ccc(NC(=O)c2ccccc2SC)cc1S(=O)(=O)N1CCOCC1. The summed E-state index contributed by atoms with van der Waals surface area (Å²) in [5.41, 5.74) is 0.914. The Labute approximate surface area is 169 Å². The lowest BCUT2D eigenvalue weighted by Crippen LogP contribution is -2.40. The molecule has 28 heavy (non-hydrogen) atoms. The van der Waals surface area contributed by atoms with Gasteiger partial charge in [-0.05, 0) is 36.6 Å². The molecule has 1 fully saturated rings. The minimum Gasteiger partial charge on any atom is -0.495 e. The van der Waals surface area contributed by atoms with E-state index >= 15 is 0 Å². The molecule has 1 saturated heterocycles. The van der Waals surface area contributed by atoms with Gasteiger partial charge in [-0.25, -0.2) is 8.42 Å². The number of ether oxygens (including phenoxy) is 2. The second kappa shape index (κ2) is 8.95. The number of carbonyl (C=O) groups excluding carboxylic acids is 1. The molecule has 1 aliphatic rings. The van der Waals surface area contributed by atoms with Crippen molar-refractivity contribution in [1.29, 1.82) is 0 Å². The van der Waals surface area contributed by atoms with E-state index in [-0.39, 0.29) is 29.6 Å². The normalized spacial score (nSPS) is 15.2. The first-order valence-corrected chi connectivity index (χ1v) is 11.3. The van der Waals surface area contributed by atoms with Crippen molar-refractivity contribution in [2.24, 2.45) is 0 Å². The lowest BCUT2D eigenvalue weighted by atomic mass is 10.2. The first kappa shape index (κ1) is 20.7. The second-order valence-electron chi connectivity index (χ2n) is 6.04. The minimum atomic E-state index is -3.77. The lowest BCUT2D eigenvalue weighted by molar-refractivity contribution is 0.0729. The summed E-state index contributed by atoms with van der Waals surface area (Å²) in [6, 6.07) is 11.8. The van der Waals surface area contributed by atoms with E-state index in [1.54, 1.807) is 24.3 Å². The highest BCUT2D eigenvalue weighted by atomic mass is 32.2. The lowest BCUT2D eigenvalue weighted by Gasteiger charge is -2.26. The Morgan fingerprint density at radius 1 is 1.18 bits per heavy atom. The molecule has 0 unspecified atom stereocenters. The van der Waals surface area contributed by atoms with Crippen molar-refractivity contribution in [1.82, 2.24) is 4.31 Å². The standard InChI is InChI=1S/C19H22N2O5S2/c1-25-16-8-7-14(20-19(22)15-5-3-4-6-17(15)27-2)13-18(16)28(23,24)21-9-11-26-12-10-21/h3-8,13H,9-12H2,1-2H3,(H,20,22). The van der Waals surface area contributed by atoms with Crippen LogP contribution in [-0.4, -0.2) is 58.3 Å². The van der Waals surface area contributed by atoms with Crippen LogP contribution in [0.2, 0.25) is 0 Å². The van der Waals surface area contributed by atoms with Crippen molar-refractivity contribution < 1.29 is 22.7 Å². The minimum absolute atomic E-state index is 0.0212. The van der Waals surface area contributed by atoms with Crippen LogP contribution in [0.25, 0.3) is 0 Å². The predicted octanol–water partition coefficient (Wildman–Crippen LogP) is 2.69. The number of hydrogen-bond acceptors (Lipinski definition) is 6. The third kappa shape index (κ3) is 4.33. The summed E-state index contributed by atoms with van der Waals surface area (Å²) in [5.74, 6) is -0.0705. The number of nitrogens with one attached hydrogen (secondary N) is 1. The molecule has 2 aromatic carbocycles. The van der Waals surface area contributed by atoms with Crippen molar-refractivity contribution in [2.45, 2.75) is 9.79 Å². The second-order valence-corrected chi connectivity index (χ2v) is 8.79. The fourth-order valence-electron chi connectivity index (χ4n) is 2.91. The van der Waals surface area contributed by atoms with Gasteiger partial charge in [0.1, 0.15) is 10.6 Å². The number of thioether (sulfide) groups is 1. The highest BCUT2D eigenvalue weighted by molar-refractivity contribution is 7.98. The van der Waals surface area contributed by atoms with Crippen LogP contribution >= 0.6 is 11.8 Å². The summed E-state index contributed by atoms with van der Waals surface area (Å²) in [6.07, 6.45) is 1.90. The van der Waals surface area contributed by atoms with Crippen LogP contribution in [0.1, 0.15) is 10.4 Å². The molecule has 1 amide bonds. The Kier molecular flexibility index (Phi) is 6.61. The number of morpholine rings is 1. The van der Waals surface area contributed by atoms with Crippen LogP contribution in [0.5, 0.6) is 5.75 Å². The van der Waals surface area contributed by atoms with Crippen molar-refractivity contribution in [2.75, 3.05) is 45.0 Å². The first-order chi connectivity index (χ1) is 13.5. The maximum Gasteiger partial charge on any atom is 0.256 e. The molecule has 0 atom stereocenters. The molecule has 7 nitrogen and oxygen atoms in total. The predicted molar refractivity (Wildman–Crippen MR) is 109 cm³/mol. The van der Waals surface area contributed by atoms with Gasteiger partial charge in [-0.3, -0.25) is 4.79 Å². The van der Waals surface area contributed by atoms with Crippen LogP contribution in [0.3, 0.4) is 0 Å². The number of amides is 1. The van der Waals surface area contributed by atoms with E-state index in [9.17, 15) is 13.2 Å². The van der Waals surface area contributed by atoms with Crippen LogP contribution in [0.15, 0.2) is 52.3 Å².